The lowest BCUT2D eigenvalue weighted by Gasteiger charge is -2.07. The highest BCUT2D eigenvalue weighted by atomic mass is 16.5. The highest BCUT2D eigenvalue weighted by molar-refractivity contribution is 5.83. The Morgan fingerprint density at radius 2 is 2.00 bits per heavy atom. The van der Waals surface area contributed by atoms with Crippen LogP contribution in [0.3, 0.4) is 0 Å². The Kier molecular flexibility index (Phi) is 6.11. The number of benzene rings is 1. The van der Waals surface area contributed by atoms with Crippen molar-refractivity contribution in [2.45, 2.75) is 46.8 Å². The summed E-state index contributed by atoms with van der Waals surface area (Å²) in [6, 6.07) is 8.13. The lowest BCUT2D eigenvalue weighted by molar-refractivity contribution is -0.121. The monoisotopic (exact) mass is 314 g/mol. The van der Waals surface area contributed by atoms with Crippen molar-refractivity contribution < 1.29 is 9.53 Å². The molecule has 0 amide bonds. The van der Waals surface area contributed by atoms with Crippen LogP contribution in [0.25, 0.3) is 11.1 Å². The zero-order valence-corrected chi connectivity index (χ0v) is 14.5. The number of ether oxygens (including phenoxy) is 1. The summed E-state index contributed by atoms with van der Waals surface area (Å²) in [5.74, 6) is 0.339. The predicted molar refractivity (Wildman–Crippen MR) is 92.3 cm³/mol. The standard InChI is InChI=1S/C19H26N2O2/c1-14(2)19(22)11-16-6-5-7-17(10-16)18-12-20-21(13-18)8-9-23-15(3)4/h5-7,10,12-15H,8-9,11H2,1-4H3. The normalized spacial score (nSPS) is 11.4. The topological polar surface area (TPSA) is 44.1 Å². The number of hydrogen-bond donors (Lipinski definition) is 0. The lowest BCUT2D eigenvalue weighted by atomic mass is 9.98. The minimum absolute atomic E-state index is 0.0716. The summed E-state index contributed by atoms with van der Waals surface area (Å²) in [4.78, 5) is 11.9. The maximum atomic E-state index is 11.9. The molecule has 0 fully saturated rings. The van der Waals surface area contributed by atoms with Gasteiger partial charge in [0.25, 0.3) is 0 Å². The molecule has 0 aliphatic carbocycles. The molecule has 0 saturated carbocycles. The predicted octanol–water partition coefficient (Wildman–Crippen LogP) is 3.74. The molecule has 2 aromatic rings. The molecule has 23 heavy (non-hydrogen) atoms. The van der Waals surface area contributed by atoms with Gasteiger partial charge in [0.15, 0.2) is 0 Å². The molecule has 1 aromatic carbocycles. The third kappa shape index (κ3) is 5.32. The van der Waals surface area contributed by atoms with E-state index >= 15 is 0 Å². The van der Waals surface area contributed by atoms with Gasteiger partial charge in [0, 0.05) is 24.1 Å². The molecule has 1 aromatic heterocycles. The van der Waals surface area contributed by atoms with E-state index in [9.17, 15) is 4.79 Å². The number of carbonyl (C=O) groups excluding carboxylic acids is 1. The van der Waals surface area contributed by atoms with E-state index in [2.05, 4.69) is 17.2 Å². The molecule has 4 nitrogen and oxygen atoms in total. The summed E-state index contributed by atoms with van der Waals surface area (Å²) in [6.45, 7) is 9.33. The van der Waals surface area contributed by atoms with Gasteiger partial charge in [-0.1, -0.05) is 38.1 Å². The van der Waals surface area contributed by atoms with Crippen molar-refractivity contribution in [3.05, 3.63) is 42.2 Å². The highest BCUT2D eigenvalue weighted by Gasteiger charge is 2.09. The Labute approximate surface area is 138 Å². The van der Waals surface area contributed by atoms with Gasteiger partial charge in [0.1, 0.15) is 5.78 Å². The second-order valence-electron chi connectivity index (χ2n) is 6.41. The molecule has 0 radical (unpaired) electrons. The quantitative estimate of drug-likeness (QED) is 0.745. The van der Waals surface area contributed by atoms with Crippen LogP contribution in [-0.2, 0) is 22.5 Å². The van der Waals surface area contributed by atoms with Crippen LogP contribution in [0.1, 0.15) is 33.3 Å². The highest BCUT2D eigenvalue weighted by Crippen LogP contribution is 2.20. The van der Waals surface area contributed by atoms with Crippen LogP contribution in [0.5, 0.6) is 0 Å². The van der Waals surface area contributed by atoms with Crippen molar-refractivity contribution in [2.75, 3.05) is 6.61 Å². The molecular formula is C19H26N2O2. The van der Waals surface area contributed by atoms with Gasteiger partial charge in [-0.15, -0.1) is 0 Å². The van der Waals surface area contributed by atoms with Crippen LogP contribution in [0, 0.1) is 5.92 Å². The van der Waals surface area contributed by atoms with Crippen LogP contribution in [-0.4, -0.2) is 28.3 Å². The average Bonchev–Trinajstić information content (AvgIpc) is 2.96. The van der Waals surface area contributed by atoms with Gasteiger partial charge < -0.3 is 4.74 Å². The first-order valence-corrected chi connectivity index (χ1v) is 8.22. The first-order valence-electron chi connectivity index (χ1n) is 8.22. The molecule has 0 aliphatic heterocycles. The fourth-order valence-electron chi connectivity index (χ4n) is 2.28. The van der Waals surface area contributed by atoms with Crippen molar-refractivity contribution in [3.63, 3.8) is 0 Å². The number of Topliss-reactive ketones (excluding diaryl/α,β-unsaturated/α-hetero) is 1. The molecule has 0 aliphatic rings. The number of nitrogens with zero attached hydrogens (tertiary/aromatic N) is 2. The fourth-order valence-corrected chi connectivity index (χ4v) is 2.28. The minimum Gasteiger partial charge on any atom is -0.377 e. The van der Waals surface area contributed by atoms with Crippen molar-refractivity contribution >= 4 is 5.78 Å². The molecule has 1 heterocycles. The van der Waals surface area contributed by atoms with Gasteiger partial charge in [0.2, 0.25) is 0 Å². The van der Waals surface area contributed by atoms with E-state index in [1.165, 1.54) is 0 Å². The summed E-state index contributed by atoms with van der Waals surface area (Å²) < 4.78 is 7.44. The summed E-state index contributed by atoms with van der Waals surface area (Å²) in [5.41, 5.74) is 3.21. The van der Waals surface area contributed by atoms with Gasteiger partial charge in [0.05, 0.1) is 25.5 Å². The maximum absolute atomic E-state index is 11.9. The molecule has 0 unspecified atom stereocenters. The van der Waals surface area contributed by atoms with E-state index in [1.807, 2.05) is 56.9 Å². The molecule has 0 spiro atoms. The largest absolute Gasteiger partial charge is 0.377 e. The van der Waals surface area contributed by atoms with Gasteiger partial charge >= 0.3 is 0 Å². The number of hydrogen-bond acceptors (Lipinski definition) is 3. The molecule has 124 valence electrons. The summed E-state index contributed by atoms with van der Waals surface area (Å²) in [6.07, 6.45) is 4.61. The second kappa shape index (κ2) is 8.06. The van der Waals surface area contributed by atoms with Crippen molar-refractivity contribution in [2.24, 2.45) is 5.92 Å². The molecule has 0 N–H and O–H groups in total. The Morgan fingerprint density at radius 1 is 1.22 bits per heavy atom. The van der Waals surface area contributed by atoms with E-state index < -0.39 is 0 Å². The summed E-state index contributed by atoms with van der Waals surface area (Å²) in [5, 5.41) is 4.38. The number of aromatic nitrogens is 2. The Morgan fingerprint density at radius 3 is 2.70 bits per heavy atom. The third-order valence-electron chi connectivity index (χ3n) is 3.69. The lowest BCUT2D eigenvalue weighted by Crippen LogP contribution is -2.10. The zero-order chi connectivity index (χ0) is 16.8. The summed E-state index contributed by atoms with van der Waals surface area (Å²) in [7, 11) is 0. The molecule has 4 heteroatoms. The van der Waals surface area contributed by atoms with Gasteiger partial charge in [-0.2, -0.15) is 5.10 Å². The average molecular weight is 314 g/mol. The maximum Gasteiger partial charge on any atom is 0.139 e. The van der Waals surface area contributed by atoms with E-state index in [1.54, 1.807) is 0 Å². The molecule has 0 bridgehead atoms. The third-order valence-corrected chi connectivity index (χ3v) is 3.69. The minimum atomic E-state index is 0.0716. The fraction of sp³-hybridized carbons (Fsp3) is 0.474. The van der Waals surface area contributed by atoms with Crippen molar-refractivity contribution in [1.29, 1.82) is 0 Å². The smallest absolute Gasteiger partial charge is 0.139 e. The van der Waals surface area contributed by atoms with Gasteiger partial charge in [-0.3, -0.25) is 9.48 Å². The Balaban J connectivity index is 2.04. The van der Waals surface area contributed by atoms with E-state index in [0.717, 1.165) is 23.2 Å². The first-order chi connectivity index (χ1) is 11.0. The van der Waals surface area contributed by atoms with Gasteiger partial charge in [-0.05, 0) is 25.0 Å². The second-order valence-corrected chi connectivity index (χ2v) is 6.41. The Hall–Kier alpha value is -1.94. The zero-order valence-electron chi connectivity index (χ0n) is 14.5. The van der Waals surface area contributed by atoms with Crippen LogP contribution >= 0.6 is 0 Å². The van der Waals surface area contributed by atoms with Crippen LogP contribution in [0.4, 0.5) is 0 Å². The van der Waals surface area contributed by atoms with Gasteiger partial charge in [-0.25, -0.2) is 0 Å². The van der Waals surface area contributed by atoms with Crippen molar-refractivity contribution in [1.82, 2.24) is 9.78 Å². The number of ketones is 1. The number of rotatable bonds is 8. The Bertz CT molecular complexity index is 644. The summed E-state index contributed by atoms with van der Waals surface area (Å²) >= 11 is 0. The van der Waals surface area contributed by atoms with E-state index in [-0.39, 0.29) is 17.8 Å². The van der Waals surface area contributed by atoms with Crippen molar-refractivity contribution in [3.8, 4) is 11.1 Å². The molecule has 0 saturated heterocycles. The van der Waals surface area contributed by atoms with Crippen LogP contribution in [0.15, 0.2) is 36.7 Å². The molecular weight excluding hydrogens is 288 g/mol. The first kappa shape index (κ1) is 17.4. The SMILES string of the molecule is CC(C)OCCn1cc(-c2cccc(CC(=O)C(C)C)c2)cn1. The van der Waals surface area contributed by atoms with E-state index in [4.69, 9.17) is 4.74 Å². The molecule has 2 rings (SSSR count). The number of carbonyl (C=O) groups is 1. The molecule has 0 atom stereocenters. The van der Waals surface area contributed by atoms with E-state index in [0.29, 0.717) is 13.0 Å². The van der Waals surface area contributed by atoms with Crippen LogP contribution in [0.2, 0.25) is 0 Å². The van der Waals surface area contributed by atoms with Crippen LogP contribution < -0.4 is 0 Å².